The largest absolute Gasteiger partial charge is 0.336 e. The summed E-state index contributed by atoms with van der Waals surface area (Å²) in [5, 5.41) is 5.52. The summed E-state index contributed by atoms with van der Waals surface area (Å²) >= 11 is 1.75. The minimum absolute atomic E-state index is 0.326. The molecule has 2 rings (SSSR count). The Balaban J connectivity index is 1.93. The fourth-order valence-electron chi connectivity index (χ4n) is 3.67. The zero-order chi connectivity index (χ0) is 18.1. The first kappa shape index (κ1) is 20.4. The van der Waals surface area contributed by atoms with Crippen molar-refractivity contribution in [3.05, 3.63) is 22.4 Å². The number of nitrogens with zero attached hydrogens (tertiary/aromatic N) is 2. The zero-order valence-electron chi connectivity index (χ0n) is 16.2. The predicted octanol–water partition coefficient (Wildman–Crippen LogP) is 3.44. The van der Waals surface area contributed by atoms with E-state index < -0.39 is 0 Å². The molecule has 0 radical (unpaired) electrons. The van der Waals surface area contributed by atoms with E-state index in [0.29, 0.717) is 24.2 Å². The van der Waals surface area contributed by atoms with Gasteiger partial charge in [-0.3, -0.25) is 4.79 Å². The minimum Gasteiger partial charge on any atom is -0.336 e. The summed E-state index contributed by atoms with van der Waals surface area (Å²) in [6.07, 6.45) is 3.10. The van der Waals surface area contributed by atoms with Crippen molar-refractivity contribution in [1.82, 2.24) is 15.1 Å². The summed E-state index contributed by atoms with van der Waals surface area (Å²) < 4.78 is 0. The van der Waals surface area contributed by atoms with Crippen LogP contribution in [-0.2, 0) is 11.3 Å². The van der Waals surface area contributed by atoms with Crippen LogP contribution in [0.5, 0.6) is 0 Å². The molecule has 1 aliphatic heterocycles. The average Bonchev–Trinajstić information content (AvgIpc) is 3.15. The molecule has 1 fully saturated rings. The predicted molar refractivity (Wildman–Crippen MR) is 107 cm³/mol. The number of carbonyl (C=O) groups excluding carboxylic acids is 1. The number of hydrogen-bond donors (Lipinski definition) is 1. The molecule has 4 nitrogen and oxygen atoms in total. The van der Waals surface area contributed by atoms with Gasteiger partial charge in [0.2, 0.25) is 5.91 Å². The number of rotatable bonds is 10. The molecule has 1 amide bonds. The van der Waals surface area contributed by atoms with Crippen LogP contribution >= 0.6 is 11.3 Å². The molecule has 1 aromatic rings. The Labute approximate surface area is 157 Å². The number of amides is 1. The number of likely N-dealkylation sites (N-methyl/N-ethyl adjacent to an activating group) is 1. The van der Waals surface area contributed by atoms with E-state index in [4.69, 9.17) is 0 Å². The van der Waals surface area contributed by atoms with Crippen molar-refractivity contribution < 1.29 is 4.79 Å². The minimum atomic E-state index is 0.326. The first-order valence-electron chi connectivity index (χ1n) is 9.87. The third-order valence-corrected chi connectivity index (χ3v) is 6.41. The summed E-state index contributed by atoms with van der Waals surface area (Å²) in [5.41, 5.74) is 0. The standard InChI is InChI=1S/C20H35N3OS/c1-4-22(5-2)12-13-23(16-19-7-6-14-25-19)20(24)15-17(3)18-8-10-21-11-9-18/h6-7,14,17-18,21H,4-5,8-13,15-16H2,1-3H3. The van der Waals surface area contributed by atoms with Crippen LogP contribution in [0.2, 0.25) is 0 Å². The second-order valence-corrected chi connectivity index (χ2v) is 8.22. The second-order valence-electron chi connectivity index (χ2n) is 7.19. The van der Waals surface area contributed by atoms with Gasteiger partial charge in [0, 0.05) is 24.4 Å². The molecule has 1 saturated heterocycles. The lowest BCUT2D eigenvalue weighted by molar-refractivity contribution is -0.133. The van der Waals surface area contributed by atoms with Gasteiger partial charge in [-0.05, 0) is 62.3 Å². The molecular weight excluding hydrogens is 330 g/mol. The molecular formula is C20H35N3OS. The van der Waals surface area contributed by atoms with Crippen molar-refractivity contribution in [2.75, 3.05) is 39.3 Å². The molecule has 1 atom stereocenters. The lowest BCUT2D eigenvalue weighted by Crippen LogP contribution is -2.39. The van der Waals surface area contributed by atoms with Gasteiger partial charge in [-0.25, -0.2) is 0 Å². The Morgan fingerprint density at radius 3 is 2.60 bits per heavy atom. The smallest absolute Gasteiger partial charge is 0.223 e. The van der Waals surface area contributed by atoms with Gasteiger partial charge in [0.25, 0.3) is 0 Å². The molecule has 1 aliphatic rings. The Morgan fingerprint density at radius 1 is 1.28 bits per heavy atom. The molecule has 0 spiro atoms. The molecule has 5 heteroatoms. The Bertz CT molecular complexity index is 481. The van der Waals surface area contributed by atoms with Crippen molar-refractivity contribution in [2.45, 2.75) is 46.6 Å². The molecule has 0 aliphatic carbocycles. The van der Waals surface area contributed by atoms with E-state index in [1.807, 2.05) is 0 Å². The van der Waals surface area contributed by atoms with Crippen LogP contribution in [0.1, 0.15) is 44.9 Å². The summed E-state index contributed by atoms with van der Waals surface area (Å²) in [5.74, 6) is 1.50. The highest BCUT2D eigenvalue weighted by Gasteiger charge is 2.24. The van der Waals surface area contributed by atoms with E-state index in [2.05, 4.69) is 53.4 Å². The highest BCUT2D eigenvalue weighted by Crippen LogP contribution is 2.25. The lowest BCUT2D eigenvalue weighted by Gasteiger charge is -2.31. The molecule has 25 heavy (non-hydrogen) atoms. The first-order chi connectivity index (χ1) is 12.1. The number of carbonyl (C=O) groups is 1. The van der Waals surface area contributed by atoms with E-state index in [9.17, 15) is 4.79 Å². The fraction of sp³-hybridized carbons (Fsp3) is 0.750. The summed E-state index contributed by atoms with van der Waals surface area (Å²) in [4.78, 5) is 18.8. The van der Waals surface area contributed by atoms with E-state index in [0.717, 1.165) is 45.8 Å². The van der Waals surface area contributed by atoms with Crippen molar-refractivity contribution in [2.24, 2.45) is 11.8 Å². The number of nitrogens with one attached hydrogen (secondary N) is 1. The van der Waals surface area contributed by atoms with E-state index in [1.54, 1.807) is 11.3 Å². The van der Waals surface area contributed by atoms with Crippen LogP contribution in [0.15, 0.2) is 17.5 Å². The van der Waals surface area contributed by atoms with E-state index >= 15 is 0 Å². The number of thiophene rings is 1. The monoisotopic (exact) mass is 365 g/mol. The van der Waals surface area contributed by atoms with E-state index in [-0.39, 0.29) is 0 Å². The lowest BCUT2D eigenvalue weighted by atomic mass is 9.84. The van der Waals surface area contributed by atoms with Crippen LogP contribution < -0.4 is 5.32 Å². The average molecular weight is 366 g/mol. The molecule has 1 N–H and O–H groups in total. The Hall–Kier alpha value is -0.910. The molecule has 142 valence electrons. The van der Waals surface area contributed by atoms with Gasteiger partial charge in [-0.2, -0.15) is 0 Å². The number of hydrogen-bond acceptors (Lipinski definition) is 4. The molecule has 2 heterocycles. The van der Waals surface area contributed by atoms with Crippen molar-refractivity contribution in [3.8, 4) is 0 Å². The normalized spacial score (nSPS) is 17.0. The SMILES string of the molecule is CCN(CC)CCN(Cc1cccs1)C(=O)CC(C)C1CCNCC1. The van der Waals surface area contributed by atoms with E-state index in [1.165, 1.54) is 17.7 Å². The fourth-order valence-corrected chi connectivity index (χ4v) is 4.39. The Kier molecular flexibility index (Phi) is 8.93. The molecule has 1 unspecified atom stereocenters. The van der Waals surface area contributed by atoms with Crippen molar-refractivity contribution in [1.29, 1.82) is 0 Å². The van der Waals surface area contributed by atoms with Gasteiger partial charge in [0.05, 0.1) is 6.54 Å². The van der Waals surface area contributed by atoms with Gasteiger partial charge < -0.3 is 15.1 Å². The highest BCUT2D eigenvalue weighted by atomic mass is 32.1. The van der Waals surface area contributed by atoms with Gasteiger partial charge in [-0.15, -0.1) is 11.3 Å². The van der Waals surface area contributed by atoms with Crippen molar-refractivity contribution >= 4 is 17.2 Å². The van der Waals surface area contributed by atoms with Crippen LogP contribution in [0.25, 0.3) is 0 Å². The topological polar surface area (TPSA) is 35.6 Å². The van der Waals surface area contributed by atoms with Gasteiger partial charge >= 0.3 is 0 Å². The van der Waals surface area contributed by atoms with Crippen molar-refractivity contribution in [3.63, 3.8) is 0 Å². The van der Waals surface area contributed by atoms with Crippen LogP contribution in [0.3, 0.4) is 0 Å². The highest BCUT2D eigenvalue weighted by molar-refractivity contribution is 7.09. The first-order valence-corrected chi connectivity index (χ1v) is 10.7. The molecule has 1 aromatic heterocycles. The second kappa shape index (κ2) is 10.9. The number of piperidine rings is 1. The van der Waals surface area contributed by atoms with Gasteiger partial charge in [-0.1, -0.05) is 26.8 Å². The molecule has 0 saturated carbocycles. The Morgan fingerprint density at radius 2 is 2.00 bits per heavy atom. The summed E-state index contributed by atoms with van der Waals surface area (Å²) in [6, 6.07) is 4.21. The third-order valence-electron chi connectivity index (χ3n) is 5.55. The summed E-state index contributed by atoms with van der Waals surface area (Å²) in [7, 11) is 0. The third kappa shape index (κ3) is 6.72. The van der Waals surface area contributed by atoms with Crippen LogP contribution in [0.4, 0.5) is 0 Å². The quantitative estimate of drug-likeness (QED) is 0.690. The van der Waals surface area contributed by atoms with Gasteiger partial charge in [0.15, 0.2) is 0 Å². The van der Waals surface area contributed by atoms with Gasteiger partial charge in [0.1, 0.15) is 0 Å². The molecule has 0 bridgehead atoms. The maximum absolute atomic E-state index is 13.0. The molecule has 0 aromatic carbocycles. The maximum Gasteiger partial charge on any atom is 0.223 e. The van der Waals surface area contributed by atoms with Crippen LogP contribution in [-0.4, -0.2) is 55.0 Å². The summed E-state index contributed by atoms with van der Waals surface area (Å²) in [6.45, 7) is 13.5. The van der Waals surface area contributed by atoms with Crippen LogP contribution in [0, 0.1) is 11.8 Å². The zero-order valence-corrected chi connectivity index (χ0v) is 17.0. The maximum atomic E-state index is 13.0.